The van der Waals surface area contributed by atoms with Gasteiger partial charge in [0.2, 0.25) is 5.91 Å². The Labute approximate surface area is 128 Å². The topological polar surface area (TPSA) is 20.3 Å². The number of likely N-dealkylation sites (tertiary alicyclic amines) is 1. The Bertz CT molecular complexity index is 450. The zero-order valence-electron chi connectivity index (χ0n) is 13.0. The molecule has 0 radical (unpaired) electrons. The van der Waals surface area contributed by atoms with Gasteiger partial charge in [-0.3, -0.25) is 4.79 Å². The molecule has 2 nitrogen and oxygen atoms in total. The second-order valence-corrected chi connectivity index (χ2v) is 6.80. The molecule has 1 heterocycles. The van der Waals surface area contributed by atoms with Gasteiger partial charge in [0.15, 0.2) is 0 Å². The standard InChI is InChI=1S/C19H27NO/c21-19(18-10-4-5-11-18)20-14-6-9-17(15-20)13-12-16-7-2-1-3-8-16/h1-3,7-8,17-18H,4-6,9-15H2/t17-/m1/s1. The maximum atomic E-state index is 12.5. The first kappa shape index (κ1) is 14.6. The molecule has 2 heteroatoms. The first-order valence-corrected chi connectivity index (χ1v) is 8.65. The Balaban J connectivity index is 1.49. The zero-order valence-corrected chi connectivity index (χ0v) is 13.0. The van der Waals surface area contributed by atoms with Crippen LogP contribution in [0.2, 0.25) is 0 Å². The van der Waals surface area contributed by atoms with E-state index >= 15 is 0 Å². The van der Waals surface area contributed by atoms with Crippen LogP contribution in [0.15, 0.2) is 30.3 Å². The molecule has 1 saturated heterocycles. The molecule has 2 aliphatic rings. The van der Waals surface area contributed by atoms with Crippen molar-refractivity contribution in [2.24, 2.45) is 11.8 Å². The summed E-state index contributed by atoms with van der Waals surface area (Å²) in [5.41, 5.74) is 1.43. The number of carbonyl (C=O) groups excluding carboxylic acids is 1. The monoisotopic (exact) mass is 285 g/mol. The molecule has 114 valence electrons. The summed E-state index contributed by atoms with van der Waals surface area (Å²) in [6.45, 7) is 2.00. The largest absolute Gasteiger partial charge is 0.342 e. The number of hydrogen-bond acceptors (Lipinski definition) is 1. The fraction of sp³-hybridized carbons (Fsp3) is 0.632. The highest BCUT2D eigenvalue weighted by Crippen LogP contribution is 2.29. The fourth-order valence-corrected chi connectivity index (χ4v) is 3.95. The van der Waals surface area contributed by atoms with Crippen molar-refractivity contribution in [2.45, 2.75) is 51.4 Å². The van der Waals surface area contributed by atoms with Crippen LogP contribution in [0.1, 0.15) is 50.5 Å². The van der Waals surface area contributed by atoms with Crippen molar-refractivity contribution in [1.29, 1.82) is 0 Å². The van der Waals surface area contributed by atoms with E-state index in [1.165, 1.54) is 37.7 Å². The van der Waals surface area contributed by atoms with Crippen molar-refractivity contribution in [2.75, 3.05) is 13.1 Å². The summed E-state index contributed by atoms with van der Waals surface area (Å²) in [6, 6.07) is 10.7. The van der Waals surface area contributed by atoms with Crippen molar-refractivity contribution in [3.8, 4) is 0 Å². The first-order valence-electron chi connectivity index (χ1n) is 8.65. The Morgan fingerprint density at radius 1 is 1.05 bits per heavy atom. The number of piperidine rings is 1. The fourth-order valence-electron chi connectivity index (χ4n) is 3.95. The molecule has 3 rings (SSSR count). The first-order chi connectivity index (χ1) is 10.3. The van der Waals surface area contributed by atoms with Crippen LogP contribution in [-0.4, -0.2) is 23.9 Å². The zero-order chi connectivity index (χ0) is 14.5. The molecule has 0 bridgehead atoms. The van der Waals surface area contributed by atoms with Crippen molar-refractivity contribution in [3.05, 3.63) is 35.9 Å². The molecule has 1 saturated carbocycles. The minimum absolute atomic E-state index is 0.345. The third-order valence-corrected chi connectivity index (χ3v) is 5.22. The summed E-state index contributed by atoms with van der Waals surface area (Å²) in [7, 11) is 0. The Kier molecular flexibility index (Phi) is 4.95. The van der Waals surface area contributed by atoms with E-state index < -0.39 is 0 Å². The number of amides is 1. The van der Waals surface area contributed by atoms with Crippen LogP contribution in [0, 0.1) is 11.8 Å². The number of benzene rings is 1. The summed E-state index contributed by atoms with van der Waals surface area (Å²) >= 11 is 0. The molecule has 1 atom stereocenters. The molecule has 1 amide bonds. The van der Waals surface area contributed by atoms with E-state index in [1.54, 1.807) is 0 Å². The van der Waals surface area contributed by atoms with E-state index in [-0.39, 0.29) is 0 Å². The second-order valence-electron chi connectivity index (χ2n) is 6.80. The molecular weight excluding hydrogens is 258 g/mol. The second kappa shape index (κ2) is 7.11. The average Bonchev–Trinajstić information content (AvgIpc) is 3.08. The smallest absolute Gasteiger partial charge is 0.225 e. The Morgan fingerprint density at radius 3 is 2.57 bits per heavy atom. The van der Waals surface area contributed by atoms with Gasteiger partial charge in [0.05, 0.1) is 0 Å². The van der Waals surface area contributed by atoms with Crippen LogP contribution in [0.4, 0.5) is 0 Å². The normalized spacial score (nSPS) is 23.4. The van der Waals surface area contributed by atoms with Gasteiger partial charge in [0, 0.05) is 19.0 Å². The molecule has 1 aliphatic carbocycles. The molecule has 0 N–H and O–H groups in total. The molecule has 0 unspecified atom stereocenters. The molecule has 1 aromatic carbocycles. The molecule has 0 spiro atoms. The number of hydrogen-bond donors (Lipinski definition) is 0. The van der Waals surface area contributed by atoms with E-state index in [1.807, 2.05) is 0 Å². The summed E-state index contributed by atoms with van der Waals surface area (Å²) in [4.78, 5) is 14.7. The summed E-state index contributed by atoms with van der Waals surface area (Å²) in [5, 5.41) is 0. The van der Waals surface area contributed by atoms with Crippen molar-refractivity contribution in [3.63, 3.8) is 0 Å². The van der Waals surface area contributed by atoms with Crippen LogP contribution in [0.3, 0.4) is 0 Å². The van der Waals surface area contributed by atoms with Crippen molar-refractivity contribution < 1.29 is 4.79 Å². The van der Waals surface area contributed by atoms with Crippen LogP contribution in [-0.2, 0) is 11.2 Å². The molecular formula is C19H27NO. The van der Waals surface area contributed by atoms with Gasteiger partial charge in [-0.2, -0.15) is 0 Å². The Hall–Kier alpha value is -1.31. The van der Waals surface area contributed by atoms with Gasteiger partial charge >= 0.3 is 0 Å². The quantitative estimate of drug-likeness (QED) is 0.817. The highest BCUT2D eigenvalue weighted by molar-refractivity contribution is 5.79. The minimum Gasteiger partial charge on any atom is -0.342 e. The third kappa shape index (κ3) is 3.87. The van der Waals surface area contributed by atoms with Gasteiger partial charge in [-0.25, -0.2) is 0 Å². The predicted molar refractivity (Wildman–Crippen MR) is 86.0 cm³/mol. The molecule has 1 aromatic rings. The minimum atomic E-state index is 0.345. The van der Waals surface area contributed by atoms with Crippen molar-refractivity contribution >= 4 is 5.91 Å². The lowest BCUT2D eigenvalue weighted by atomic mass is 9.91. The van der Waals surface area contributed by atoms with Crippen LogP contribution in [0.25, 0.3) is 0 Å². The maximum absolute atomic E-state index is 12.5. The molecule has 0 aromatic heterocycles. The number of carbonyl (C=O) groups is 1. The van der Waals surface area contributed by atoms with Gasteiger partial charge in [-0.05, 0) is 50.0 Å². The lowest BCUT2D eigenvalue weighted by molar-refractivity contribution is -0.137. The van der Waals surface area contributed by atoms with Crippen LogP contribution in [0.5, 0.6) is 0 Å². The van der Waals surface area contributed by atoms with Gasteiger partial charge in [-0.1, -0.05) is 43.2 Å². The summed E-state index contributed by atoms with van der Waals surface area (Å²) < 4.78 is 0. The van der Waals surface area contributed by atoms with E-state index in [9.17, 15) is 4.79 Å². The lowest BCUT2D eigenvalue weighted by Crippen LogP contribution is -2.42. The molecule has 1 aliphatic heterocycles. The summed E-state index contributed by atoms with van der Waals surface area (Å²) in [5.74, 6) is 1.50. The lowest BCUT2D eigenvalue weighted by Gasteiger charge is -2.34. The Morgan fingerprint density at radius 2 is 1.81 bits per heavy atom. The molecule has 2 fully saturated rings. The number of rotatable bonds is 4. The van der Waals surface area contributed by atoms with E-state index in [4.69, 9.17) is 0 Å². The summed E-state index contributed by atoms with van der Waals surface area (Å²) in [6.07, 6.45) is 9.62. The highest BCUT2D eigenvalue weighted by atomic mass is 16.2. The SMILES string of the molecule is O=C(C1CCCC1)N1CCC[C@H](CCc2ccccc2)C1. The maximum Gasteiger partial charge on any atom is 0.225 e. The predicted octanol–water partition coefficient (Wildman–Crippen LogP) is 4.05. The van der Waals surface area contributed by atoms with Gasteiger partial charge < -0.3 is 4.90 Å². The van der Waals surface area contributed by atoms with Crippen LogP contribution >= 0.6 is 0 Å². The highest BCUT2D eigenvalue weighted by Gasteiger charge is 2.30. The number of nitrogens with zero attached hydrogens (tertiary/aromatic N) is 1. The average molecular weight is 285 g/mol. The van der Waals surface area contributed by atoms with Crippen molar-refractivity contribution in [1.82, 2.24) is 4.90 Å². The third-order valence-electron chi connectivity index (χ3n) is 5.22. The van der Waals surface area contributed by atoms with E-state index in [0.29, 0.717) is 17.7 Å². The van der Waals surface area contributed by atoms with Gasteiger partial charge in [0.1, 0.15) is 0 Å². The van der Waals surface area contributed by atoms with E-state index in [0.717, 1.165) is 32.4 Å². The number of aryl methyl sites for hydroxylation is 1. The van der Waals surface area contributed by atoms with Crippen LogP contribution < -0.4 is 0 Å². The van der Waals surface area contributed by atoms with Gasteiger partial charge in [0.25, 0.3) is 0 Å². The van der Waals surface area contributed by atoms with E-state index in [2.05, 4.69) is 35.2 Å². The molecule has 21 heavy (non-hydrogen) atoms. The van der Waals surface area contributed by atoms with Gasteiger partial charge in [-0.15, -0.1) is 0 Å².